The lowest BCUT2D eigenvalue weighted by atomic mass is 10.1. The Hall–Kier alpha value is -1.02. The van der Waals surface area contributed by atoms with Gasteiger partial charge in [-0.3, -0.25) is 0 Å². The summed E-state index contributed by atoms with van der Waals surface area (Å²) in [6.45, 7) is 0.293. The van der Waals surface area contributed by atoms with Gasteiger partial charge in [0.2, 0.25) is 0 Å². The molecular weight excluding hydrogens is 162 g/mol. The van der Waals surface area contributed by atoms with Crippen LogP contribution in [0.15, 0.2) is 24.3 Å². The van der Waals surface area contributed by atoms with Crippen LogP contribution in [0.4, 0.5) is 5.69 Å². The Bertz CT molecular complexity index is 248. The van der Waals surface area contributed by atoms with Gasteiger partial charge < -0.3 is 10.4 Å². The topological polar surface area (TPSA) is 32.3 Å². The van der Waals surface area contributed by atoms with E-state index in [1.54, 1.807) is 0 Å². The summed E-state index contributed by atoms with van der Waals surface area (Å²) >= 11 is 0. The molecule has 1 aromatic rings. The Morgan fingerprint density at radius 2 is 2.00 bits per heavy atom. The van der Waals surface area contributed by atoms with Gasteiger partial charge in [-0.25, -0.2) is 0 Å². The molecule has 2 N–H and O–H groups in total. The number of benzene rings is 1. The minimum Gasteiger partial charge on any atom is -0.396 e. The molecule has 0 saturated heterocycles. The number of aryl methyl sites for hydroxylation is 1. The molecule has 72 valence electrons. The van der Waals surface area contributed by atoms with Crippen LogP contribution in [0.3, 0.4) is 0 Å². The first-order valence-electron chi connectivity index (χ1n) is 4.75. The maximum absolute atomic E-state index is 8.66. The highest BCUT2D eigenvalue weighted by molar-refractivity contribution is 5.50. The van der Waals surface area contributed by atoms with Crippen molar-refractivity contribution in [2.24, 2.45) is 0 Å². The van der Waals surface area contributed by atoms with Crippen LogP contribution in [0.1, 0.15) is 18.4 Å². The van der Waals surface area contributed by atoms with Gasteiger partial charge in [0.05, 0.1) is 0 Å². The summed E-state index contributed by atoms with van der Waals surface area (Å²) in [5.41, 5.74) is 2.53. The van der Waals surface area contributed by atoms with Gasteiger partial charge in [-0.1, -0.05) is 18.2 Å². The van der Waals surface area contributed by atoms with Crippen molar-refractivity contribution in [3.63, 3.8) is 0 Å². The third-order valence-electron chi connectivity index (χ3n) is 2.14. The van der Waals surface area contributed by atoms with Crippen molar-refractivity contribution < 1.29 is 5.11 Å². The zero-order valence-electron chi connectivity index (χ0n) is 8.09. The molecule has 13 heavy (non-hydrogen) atoms. The monoisotopic (exact) mass is 179 g/mol. The van der Waals surface area contributed by atoms with Crippen LogP contribution < -0.4 is 5.32 Å². The summed E-state index contributed by atoms with van der Waals surface area (Å²) in [6.07, 6.45) is 2.98. The maximum Gasteiger partial charge on any atom is 0.0431 e. The standard InChI is InChI=1S/C11H17NO/c1-12-11-8-3-2-6-10(11)7-4-5-9-13/h2-3,6,8,12-13H,4-5,7,9H2,1H3. The molecule has 0 saturated carbocycles. The van der Waals surface area contributed by atoms with Crippen LogP contribution in [0.2, 0.25) is 0 Å². The number of aliphatic hydroxyl groups is 1. The van der Waals surface area contributed by atoms with Crippen molar-refractivity contribution in [3.8, 4) is 0 Å². The molecule has 0 aromatic heterocycles. The first-order chi connectivity index (χ1) is 6.38. The van der Waals surface area contributed by atoms with E-state index in [4.69, 9.17) is 5.11 Å². The molecule has 2 nitrogen and oxygen atoms in total. The molecule has 0 aliphatic carbocycles. The van der Waals surface area contributed by atoms with Crippen molar-refractivity contribution in [1.82, 2.24) is 0 Å². The van der Waals surface area contributed by atoms with E-state index in [1.807, 2.05) is 13.1 Å². The second-order valence-corrected chi connectivity index (χ2v) is 3.09. The van der Waals surface area contributed by atoms with E-state index >= 15 is 0 Å². The van der Waals surface area contributed by atoms with Crippen molar-refractivity contribution >= 4 is 5.69 Å². The first-order valence-corrected chi connectivity index (χ1v) is 4.75. The van der Waals surface area contributed by atoms with Crippen LogP contribution in [0.5, 0.6) is 0 Å². The van der Waals surface area contributed by atoms with E-state index in [2.05, 4.69) is 23.5 Å². The smallest absolute Gasteiger partial charge is 0.0431 e. The van der Waals surface area contributed by atoms with Crippen molar-refractivity contribution in [1.29, 1.82) is 0 Å². The van der Waals surface area contributed by atoms with Crippen LogP contribution in [-0.2, 0) is 6.42 Å². The van der Waals surface area contributed by atoms with E-state index < -0.39 is 0 Å². The van der Waals surface area contributed by atoms with Gasteiger partial charge in [0, 0.05) is 19.3 Å². The Labute approximate surface area is 79.6 Å². The molecular formula is C11H17NO. The van der Waals surface area contributed by atoms with Crippen LogP contribution in [0, 0.1) is 0 Å². The van der Waals surface area contributed by atoms with E-state index in [0.29, 0.717) is 6.61 Å². The predicted octanol–water partition coefficient (Wildman–Crippen LogP) is 2.04. The lowest BCUT2D eigenvalue weighted by Crippen LogP contribution is -1.95. The van der Waals surface area contributed by atoms with Crippen molar-refractivity contribution in [2.45, 2.75) is 19.3 Å². The van der Waals surface area contributed by atoms with Gasteiger partial charge in [-0.05, 0) is 30.9 Å². The minimum atomic E-state index is 0.293. The fourth-order valence-corrected chi connectivity index (χ4v) is 1.41. The average molecular weight is 179 g/mol. The summed E-state index contributed by atoms with van der Waals surface area (Å²) < 4.78 is 0. The molecule has 0 bridgehead atoms. The van der Waals surface area contributed by atoms with E-state index in [9.17, 15) is 0 Å². The molecule has 0 fully saturated rings. The summed E-state index contributed by atoms with van der Waals surface area (Å²) in [5.74, 6) is 0. The maximum atomic E-state index is 8.66. The molecule has 0 spiro atoms. The van der Waals surface area contributed by atoms with Gasteiger partial charge >= 0.3 is 0 Å². The SMILES string of the molecule is CNc1ccccc1CCCCO. The Balaban J connectivity index is 2.54. The highest BCUT2D eigenvalue weighted by atomic mass is 16.2. The second-order valence-electron chi connectivity index (χ2n) is 3.09. The number of rotatable bonds is 5. The highest BCUT2D eigenvalue weighted by Crippen LogP contribution is 2.16. The molecule has 0 aliphatic rings. The van der Waals surface area contributed by atoms with Crippen LogP contribution >= 0.6 is 0 Å². The molecule has 0 heterocycles. The third kappa shape index (κ3) is 3.07. The molecule has 1 aromatic carbocycles. The van der Waals surface area contributed by atoms with E-state index in [0.717, 1.165) is 19.3 Å². The lowest BCUT2D eigenvalue weighted by Gasteiger charge is -2.07. The summed E-state index contributed by atoms with van der Waals surface area (Å²) in [7, 11) is 1.94. The fourth-order valence-electron chi connectivity index (χ4n) is 1.41. The molecule has 0 amide bonds. The van der Waals surface area contributed by atoms with Crippen molar-refractivity contribution in [2.75, 3.05) is 19.0 Å². The van der Waals surface area contributed by atoms with Gasteiger partial charge in [0.25, 0.3) is 0 Å². The Kier molecular flexibility index (Phi) is 4.33. The normalized spacial score (nSPS) is 10.0. The second kappa shape index (κ2) is 5.60. The average Bonchev–Trinajstić information content (AvgIpc) is 2.19. The molecule has 0 radical (unpaired) electrons. The molecule has 1 rings (SSSR count). The molecule has 0 unspecified atom stereocenters. The lowest BCUT2D eigenvalue weighted by molar-refractivity contribution is 0.284. The summed E-state index contributed by atoms with van der Waals surface area (Å²) in [6, 6.07) is 8.29. The van der Waals surface area contributed by atoms with Crippen LogP contribution in [-0.4, -0.2) is 18.8 Å². The minimum absolute atomic E-state index is 0.293. The first kappa shape index (κ1) is 10.1. The number of hydrogen-bond donors (Lipinski definition) is 2. The van der Waals surface area contributed by atoms with Gasteiger partial charge in [0.15, 0.2) is 0 Å². The number of nitrogens with one attached hydrogen (secondary N) is 1. The molecule has 0 atom stereocenters. The quantitative estimate of drug-likeness (QED) is 0.678. The Morgan fingerprint density at radius 3 is 2.69 bits per heavy atom. The summed E-state index contributed by atoms with van der Waals surface area (Å²) in [4.78, 5) is 0. The predicted molar refractivity (Wildman–Crippen MR) is 56.0 cm³/mol. The largest absolute Gasteiger partial charge is 0.396 e. The Morgan fingerprint density at radius 1 is 1.23 bits per heavy atom. The van der Waals surface area contributed by atoms with Crippen LogP contribution in [0.25, 0.3) is 0 Å². The highest BCUT2D eigenvalue weighted by Gasteiger charge is 1.98. The summed E-state index contributed by atoms with van der Waals surface area (Å²) in [5, 5.41) is 11.8. The van der Waals surface area contributed by atoms with Gasteiger partial charge in [0.1, 0.15) is 0 Å². The third-order valence-corrected chi connectivity index (χ3v) is 2.14. The fraction of sp³-hybridized carbons (Fsp3) is 0.455. The zero-order valence-corrected chi connectivity index (χ0v) is 8.09. The van der Waals surface area contributed by atoms with Gasteiger partial charge in [-0.2, -0.15) is 0 Å². The number of hydrogen-bond acceptors (Lipinski definition) is 2. The van der Waals surface area contributed by atoms with E-state index in [1.165, 1.54) is 11.3 Å². The van der Waals surface area contributed by atoms with Crippen molar-refractivity contribution in [3.05, 3.63) is 29.8 Å². The molecule has 0 aliphatic heterocycles. The van der Waals surface area contributed by atoms with E-state index in [-0.39, 0.29) is 0 Å². The number of anilines is 1. The number of para-hydroxylation sites is 1. The molecule has 2 heteroatoms. The zero-order chi connectivity index (χ0) is 9.52. The number of unbranched alkanes of at least 4 members (excludes halogenated alkanes) is 1. The van der Waals surface area contributed by atoms with Gasteiger partial charge in [-0.15, -0.1) is 0 Å². The number of aliphatic hydroxyl groups excluding tert-OH is 1.